The first-order valence-corrected chi connectivity index (χ1v) is 6.24. The molecule has 112 valence electrons. The van der Waals surface area contributed by atoms with Crippen molar-refractivity contribution in [3.8, 4) is 5.75 Å². The Labute approximate surface area is 115 Å². The molecule has 1 aromatic rings. The zero-order valence-electron chi connectivity index (χ0n) is 11.3. The van der Waals surface area contributed by atoms with E-state index in [1.165, 1.54) is 6.07 Å². The van der Waals surface area contributed by atoms with E-state index < -0.39 is 24.7 Å². The van der Waals surface area contributed by atoms with Crippen molar-refractivity contribution in [3.63, 3.8) is 0 Å². The molecule has 0 aliphatic carbocycles. The van der Waals surface area contributed by atoms with E-state index in [1.54, 1.807) is 26.0 Å². The highest BCUT2D eigenvalue weighted by Gasteiger charge is 2.29. The Morgan fingerprint density at radius 2 is 2.05 bits per heavy atom. The molecular formula is C14H17F3O3. The molecule has 0 spiro atoms. The van der Waals surface area contributed by atoms with Crippen LogP contribution in [0.15, 0.2) is 18.2 Å². The number of aliphatic carboxylic acids is 1. The summed E-state index contributed by atoms with van der Waals surface area (Å²) >= 11 is 0. The number of rotatable bonds is 6. The fraction of sp³-hybridized carbons (Fsp3) is 0.500. The number of carboxylic acid groups (broad SMARTS) is 1. The van der Waals surface area contributed by atoms with Gasteiger partial charge in [-0.1, -0.05) is 24.6 Å². The van der Waals surface area contributed by atoms with Gasteiger partial charge in [0.25, 0.3) is 0 Å². The van der Waals surface area contributed by atoms with Crippen LogP contribution in [0.4, 0.5) is 13.2 Å². The van der Waals surface area contributed by atoms with Gasteiger partial charge < -0.3 is 9.84 Å². The Hall–Kier alpha value is -1.72. The third-order valence-corrected chi connectivity index (χ3v) is 2.92. The van der Waals surface area contributed by atoms with Gasteiger partial charge in [-0.05, 0) is 31.4 Å². The van der Waals surface area contributed by atoms with E-state index in [2.05, 4.69) is 0 Å². The number of alkyl halides is 3. The van der Waals surface area contributed by atoms with Crippen LogP contribution in [0.3, 0.4) is 0 Å². The third-order valence-electron chi connectivity index (χ3n) is 2.92. The maximum atomic E-state index is 12.2. The van der Waals surface area contributed by atoms with E-state index in [1.807, 2.05) is 0 Å². The summed E-state index contributed by atoms with van der Waals surface area (Å²) in [7, 11) is 0. The second kappa shape index (κ2) is 6.63. The van der Waals surface area contributed by atoms with Gasteiger partial charge in [-0.3, -0.25) is 4.79 Å². The minimum Gasteiger partial charge on any atom is -0.484 e. The van der Waals surface area contributed by atoms with Crippen LogP contribution in [0.5, 0.6) is 5.75 Å². The van der Waals surface area contributed by atoms with Gasteiger partial charge in [0.1, 0.15) is 5.75 Å². The summed E-state index contributed by atoms with van der Waals surface area (Å²) in [5, 5.41) is 9.03. The van der Waals surface area contributed by atoms with Crippen molar-refractivity contribution in [2.75, 3.05) is 6.61 Å². The van der Waals surface area contributed by atoms with Gasteiger partial charge in [-0.2, -0.15) is 13.2 Å². The average molecular weight is 290 g/mol. The first kappa shape index (κ1) is 16.3. The summed E-state index contributed by atoms with van der Waals surface area (Å²) in [5.41, 5.74) is 1.34. The molecule has 0 fully saturated rings. The molecule has 20 heavy (non-hydrogen) atoms. The van der Waals surface area contributed by atoms with Crippen LogP contribution in [-0.2, 0) is 11.2 Å². The monoisotopic (exact) mass is 290 g/mol. The molecular weight excluding hydrogens is 273 g/mol. The van der Waals surface area contributed by atoms with Gasteiger partial charge in [0.05, 0.1) is 5.92 Å². The molecule has 1 aromatic carbocycles. The molecule has 0 aliphatic rings. The van der Waals surface area contributed by atoms with E-state index >= 15 is 0 Å². The third kappa shape index (κ3) is 5.11. The van der Waals surface area contributed by atoms with E-state index in [0.717, 1.165) is 5.56 Å². The van der Waals surface area contributed by atoms with E-state index in [4.69, 9.17) is 9.84 Å². The highest BCUT2D eigenvalue weighted by molar-refractivity contribution is 5.70. The molecule has 0 bridgehead atoms. The maximum Gasteiger partial charge on any atom is 0.422 e. The Balaban J connectivity index is 2.92. The number of benzene rings is 1. The molecule has 1 N–H and O–H groups in total. The number of hydrogen-bond donors (Lipinski definition) is 1. The number of carbonyl (C=O) groups is 1. The highest BCUT2D eigenvalue weighted by Crippen LogP contribution is 2.26. The summed E-state index contributed by atoms with van der Waals surface area (Å²) in [6, 6.07) is 4.75. The molecule has 0 aliphatic heterocycles. The van der Waals surface area contributed by atoms with Gasteiger partial charge in [-0.15, -0.1) is 0 Å². The lowest BCUT2D eigenvalue weighted by Gasteiger charge is -2.16. The molecule has 0 radical (unpaired) electrons. The summed E-state index contributed by atoms with van der Waals surface area (Å²) in [5.74, 6) is -1.51. The lowest BCUT2D eigenvalue weighted by Crippen LogP contribution is -2.21. The molecule has 0 aromatic heterocycles. The molecule has 0 heterocycles. The van der Waals surface area contributed by atoms with Gasteiger partial charge >= 0.3 is 12.1 Å². The predicted octanol–water partition coefficient (Wildman–Crippen LogP) is 3.59. The molecule has 1 unspecified atom stereocenters. The van der Waals surface area contributed by atoms with E-state index in [-0.39, 0.29) is 12.2 Å². The molecule has 0 saturated heterocycles. The Kier molecular flexibility index (Phi) is 5.42. The largest absolute Gasteiger partial charge is 0.484 e. The van der Waals surface area contributed by atoms with Crippen LogP contribution in [0.25, 0.3) is 0 Å². The van der Waals surface area contributed by atoms with Gasteiger partial charge in [-0.25, -0.2) is 0 Å². The van der Waals surface area contributed by atoms with Crippen LogP contribution in [-0.4, -0.2) is 23.9 Å². The van der Waals surface area contributed by atoms with Crippen molar-refractivity contribution in [2.45, 2.75) is 32.9 Å². The van der Waals surface area contributed by atoms with Crippen molar-refractivity contribution >= 4 is 5.97 Å². The molecule has 1 rings (SSSR count). The Morgan fingerprint density at radius 1 is 1.40 bits per heavy atom. The normalized spacial score (nSPS) is 13.1. The van der Waals surface area contributed by atoms with Crippen molar-refractivity contribution in [2.24, 2.45) is 5.92 Å². The number of ether oxygens (including phenoxy) is 1. The quantitative estimate of drug-likeness (QED) is 0.871. The summed E-state index contributed by atoms with van der Waals surface area (Å²) < 4.78 is 41.3. The molecule has 0 saturated carbocycles. The topological polar surface area (TPSA) is 46.5 Å². The van der Waals surface area contributed by atoms with Crippen molar-refractivity contribution in [1.29, 1.82) is 0 Å². The fourth-order valence-electron chi connectivity index (χ4n) is 1.84. The Bertz CT molecular complexity index is 469. The number of aryl methyl sites for hydroxylation is 1. The van der Waals surface area contributed by atoms with Crippen LogP contribution in [0.1, 0.15) is 24.5 Å². The lowest BCUT2D eigenvalue weighted by molar-refractivity contribution is -0.153. The number of halogens is 3. The maximum absolute atomic E-state index is 12.2. The molecule has 3 nitrogen and oxygen atoms in total. The van der Waals surface area contributed by atoms with Gasteiger partial charge in [0.15, 0.2) is 6.61 Å². The van der Waals surface area contributed by atoms with Crippen LogP contribution in [0.2, 0.25) is 0 Å². The van der Waals surface area contributed by atoms with Crippen molar-refractivity contribution in [1.82, 2.24) is 0 Å². The zero-order valence-corrected chi connectivity index (χ0v) is 11.3. The van der Waals surface area contributed by atoms with Crippen molar-refractivity contribution in [3.05, 3.63) is 29.3 Å². The summed E-state index contributed by atoms with van der Waals surface area (Å²) in [6.07, 6.45) is -3.86. The fourth-order valence-corrected chi connectivity index (χ4v) is 1.84. The first-order valence-electron chi connectivity index (χ1n) is 6.24. The SMILES string of the molecule is CCC(Cc1cc(C)ccc1OCC(F)(F)F)C(=O)O. The average Bonchev–Trinajstić information content (AvgIpc) is 2.33. The van der Waals surface area contributed by atoms with Crippen LogP contribution >= 0.6 is 0 Å². The summed E-state index contributed by atoms with van der Waals surface area (Å²) in [4.78, 5) is 11.0. The van der Waals surface area contributed by atoms with Crippen LogP contribution < -0.4 is 4.74 Å². The molecule has 0 amide bonds. The minimum atomic E-state index is -4.42. The standard InChI is InChI=1S/C14H17F3O3/c1-3-10(13(18)19)7-11-6-9(2)4-5-12(11)20-8-14(15,16)17/h4-6,10H,3,7-8H2,1-2H3,(H,18,19). The lowest BCUT2D eigenvalue weighted by atomic mass is 9.95. The highest BCUT2D eigenvalue weighted by atomic mass is 19.4. The van der Waals surface area contributed by atoms with Crippen molar-refractivity contribution < 1.29 is 27.8 Å². The predicted molar refractivity (Wildman–Crippen MR) is 67.8 cm³/mol. The van der Waals surface area contributed by atoms with E-state index in [9.17, 15) is 18.0 Å². The smallest absolute Gasteiger partial charge is 0.422 e. The van der Waals surface area contributed by atoms with Gasteiger partial charge in [0, 0.05) is 0 Å². The van der Waals surface area contributed by atoms with Crippen LogP contribution in [0, 0.1) is 12.8 Å². The first-order chi connectivity index (χ1) is 9.23. The summed E-state index contributed by atoms with van der Waals surface area (Å²) in [6.45, 7) is 2.14. The Morgan fingerprint density at radius 3 is 2.55 bits per heavy atom. The second-order valence-electron chi connectivity index (χ2n) is 4.66. The van der Waals surface area contributed by atoms with E-state index in [0.29, 0.717) is 12.0 Å². The number of carboxylic acids is 1. The number of hydrogen-bond acceptors (Lipinski definition) is 2. The van der Waals surface area contributed by atoms with Gasteiger partial charge in [0.2, 0.25) is 0 Å². The molecule has 6 heteroatoms. The zero-order chi connectivity index (χ0) is 15.3. The minimum absolute atomic E-state index is 0.0904. The second-order valence-corrected chi connectivity index (χ2v) is 4.66. The molecule has 1 atom stereocenters.